The molecule has 1 atom stereocenters. The maximum absolute atomic E-state index is 15.1. The highest BCUT2D eigenvalue weighted by molar-refractivity contribution is 7.90. The number of nitrogens with one attached hydrogen (secondary N) is 3. The van der Waals surface area contributed by atoms with Crippen LogP contribution in [-0.2, 0) is 10.0 Å². The van der Waals surface area contributed by atoms with Crippen molar-refractivity contribution < 1.29 is 36.8 Å². The van der Waals surface area contributed by atoms with Gasteiger partial charge in [-0.1, -0.05) is 42.5 Å². The van der Waals surface area contributed by atoms with E-state index in [0.29, 0.717) is 47.8 Å². The Morgan fingerprint density at radius 1 is 0.935 bits per heavy atom. The van der Waals surface area contributed by atoms with Crippen LogP contribution >= 0.6 is 0 Å². The summed E-state index contributed by atoms with van der Waals surface area (Å²) in [4.78, 5) is 33.9. The molecule has 1 aliphatic heterocycles. The van der Waals surface area contributed by atoms with Crippen LogP contribution in [0.3, 0.4) is 0 Å². The van der Waals surface area contributed by atoms with Crippen molar-refractivity contribution in [3.8, 4) is 22.6 Å². The van der Waals surface area contributed by atoms with Gasteiger partial charge in [0.25, 0.3) is 27.5 Å². The number of rotatable bonds is 13. The number of carbonyl (C=O) groups excluding carboxylic acids is 1. The smallest absolute Gasteiger partial charge is 0.293 e. The SMILES string of the molecule is O=C(NS(=O)(=O)c1ccc(NCC2CCC(O)CC2)c([N+](=O)[O-])c1)c1ccc(-c2ccc(N3CC(F)(F)CC3c3ccccc3C3CC3)cc2)cc1Oc1cnc2[nH]ccc2c1. The lowest BCUT2D eigenvalue weighted by Crippen LogP contribution is -2.31. The molecule has 9 rings (SSSR count). The average molecular weight is 863 g/mol. The van der Waals surface area contributed by atoms with Gasteiger partial charge in [0.1, 0.15) is 22.8 Å². The van der Waals surface area contributed by atoms with Crippen molar-refractivity contribution in [2.45, 2.75) is 73.8 Å². The van der Waals surface area contributed by atoms with E-state index in [-0.39, 0.29) is 41.2 Å². The van der Waals surface area contributed by atoms with Crippen LogP contribution in [0.25, 0.3) is 22.2 Å². The van der Waals surface area contributed by atoms with Crippen LogP contribution in [0.5, 0.6) is 11.5 Å². The maximum Gasteiger partial charge on any atom is 0.293 e. The number of amides is 1. The minimum Gasteiger partial charge on any atom is -0.455 e. The van der Waals surface area contributed by atoms with E-state index in [4.69, 9.17) is 4.74 Å². The molecule has 2 aliphatic carbocycles. The summed E-state index contributed by atoms with van der Waals surface area (Å²) < 4.78 is 65.8. The molecule has 2 aromatic heterocycles. The lowest BCUT2D eigenvalue weighted by molar-refractivity contribution is -0.384. The number of halogens is 2. The van der Waals surface area contributed by atoms with E-state index in [0.717, 1.165) is 48.3 Å². The molecular weight excluding hydrogens is 819 g/mol. The van der Waals surface area contributed by atoms with E-state index >= 15 is 8.78 Å². The molecule has 3 heterocycles. The van der Waals surface area contributed by atoms with Crippen molar-refractivity contribution >= 4 is 44.0 Å². The first-order valence-electron chi connectivity index (χ1n) is 20.7. The zero-order chi connectivity index (χ0) is 43.2. The molecule has 4 N–H and O–H groups in total. The van der Waals surface area contributed by atoms with Gasteiger partial charge in [-0.25, -0.2) is 26.9 Å². The standard InChI is InChI=1S/C46H44F2N6O7S/c47-46(48)24-42(38-4-2-1-3-37(38)30-7-8-30)53(27-46)33-12-9-29(10-13-33)31-11-17-39(43(22-31)61-35-21-32-19-20-49-44(32)51-26-35)45(56)52-62(59,60)36-16-18-40(41(23-36)54(57)58)50-25-28-5-14-34(55)15-6-28/h1-4,9-13,16-23,26,28,30,34,42,50,55H,5-8,14-15,24-25,27H2,(H,49,51)(H,52,56). The molecule has 3 aliphatic rings. The number of aromatic nitrogens is 2. The molecular formula is C46H44F2N6O7S. The number of hydrogen-bond acceptors (Lipinski definition) is 10. The van der Waals surface area contributed by atoms with Gasteiger partial charge < -0.3 is 25.0 Å². The van der Waals surface area contributed by atoms with Crippen LogP contribution in [0.2, 0.25) is 0 Å². The average Bonchev–Trinajstić information content (AvgIpc) is 3.91. The first kappa shape index (κ1) is 41.0. The van der Waals surface area contributed by atoms with E-state index in [2.05, 4.69) is 20.0 Å². The number of hydrogen-bond donors (Lipinski definition) is 4. The summed E-state index contributed by atoms with van der Waals surface area (Å²) in [6.07, 6.45) is 7.46. The molecule has 2 saturated carbocycles. The Kier molecular flexibility index (Phi) is 10.9. The highest BCUT2D eigenvalue weighted by atomic mass is 32.2. The molecule has 0 spiro atoms. The van der Waals surface area contributed by atoms with Gasteiger partial charge in [-0.15, -0.1) is 0 Å². The zero-order valence-electron chi connectivity index (χ0n) is 33.5. The predicted octanol–water partition coefficient (Wildman–Crippen LogP) is 9.48. The Balaban J connectivity index is 0.984. The highest BCUT2D eigenvalue weighted by Crippen LogP contribution is 2.49. The third kappa shape index (κ3) is 8.70. The van der Waals surface area contributed by atoms with Crippen LogP contribution in [0.4, 0.5) is 25.8 Å². The van der Waals surface area contributed by atoms with Crippen molar-refractivity contribution in [2.75, 3.05) is 23.3 Å². The third-order valence-electron chi connectivity index (χ3n) is 12.1. The Morgan fingerprint density at radius 2 is 1.68 bits per heavy atom. The Morgan fingerprint density at radius 3 is 2.42 bits per heavy atom. The predicted molar refractivity (Wildman–Crippen MR) is 230 cm³/mol. The zero-order valence-corrected chi connectivity index (χ0v) is 34.3. The number of aromatic amines is 1. The minimum atomic E-state index is -4.63. The first-order chi connectivity index (χ1) is 29.8. The summed E-state index contributed by atoms with van der Waals surface area (Å²) in [5, 5.41) is 25.7. The van der Waals surface area contributed by atoms with Gasteiger partial charge in [0.15, 0.2) is 0 Å². The highest BCUT2D eigenvalue weighted by Gasteiger charge is 2.47. The number of sulfonamides is 1. The van der Waals surface area contributed by atoms with Gasteiger partial charge in [0, 0.05) is 36.3 Å². The number of aliphatic hydroxyl groups excluding tert-OH is 1. The van der Waals surface area contributed by atoms with E-state index < -0.39 is 49.9 Å². The fourth-order valence-electron chi connectivity index (χ4n) is 8.69. The Hall–Kier alpha value is -6.39. The monoisotopic (exact) mass is 862 g/mol. The van der Waals surface area contributed by atoms with Crippen molar-refractivity contribution in [3.63, 3.8) is 0 Å². The molecule has 3 fully saturated rings. The summed E-state index contributed by atoms with van der Waals surface area (Å²) in [5.74, 6) is -3.07. The number of nitro groups is 1. The van der Waals surface area contributed by atoms with Crippen molar-refractivity contribution in [1.82, 2.24) is 14.7 Å². The Labute approximate surface area is 356 Å². The van der Waals surface area contributed by atoms with Gasteiger partial charge in [0.05, 0.1) is 40.3 Å². The normalized spacial score (nSPS) is 19.9. The van der Waals surface area contributed by atoms with Crippen molar-refractivity contribution in [3.05, 3.63) is 136 Å². The molecule has 1 unspecified atom stereocenters. The molecule has 0 bridgehead atoms. The number of fused-ring (bicyclic) bond motifs is 1. The van der Waals surface area contributed by atoms with Gasteiger partial charge >= 0.3 is 0 Å². The Bertz CT molecular complexity index is 2770. The number of nitro benzene ring substituents is 1. The molecule has 4 aromatic carbocycles. The van der Waals surface area contributed by atoms with Crippen LogP contribution < -0.4 is 19.7 Å². The van der Waals surface area contributed by atoms with E-state index in [1.807, 2.05) is 24.3 Å². The number of anilines is 2. The molecule has 13 nitrogen and oxygen atoms in total. The molecule has 1 saturated heterocycles. The summed E-state index contributed by atoms with van der Waals surface area (Å²) in [6.45, 7) is 0.000521. The van der Waals surface area contributed by atoms with Gasteiger partial charge in [0.2, 0.25) is 0 Å². The number of nitrogens with zero attached hydrogens (tertiary/aromatic N) is 3. The van der Waals surface area contributed by atoms with E-state index in [1.54, 1.807) is 59.6 Å². The number of alkyl halides is 2. The van der Waals surface area contributed by atoms with Crippen molar-refractivity contribution in [1.29, 1.82) is 0 Å². The number of ether oxygens (including phenoxy) is 1. The quantitative estimate of drug-likeness (QED) is 0.0645. The minimum absolute atomic E-state index is 0.00680. The lowest BCUT2D eigenvalue weighted by atomic mass is 9.87. The molecule has 1 amide bonds. The van der Waals surface area contributed by atoms with Gasteiger partial charge in [-0.05, 0) is 121 Å². The van der Waals surface area contributed by atoms with Crippen LogP contribution in [0.15, 0.2) is 114 Å². The third-order valence-corrected chi connectivity index (χ3v) is 13.4. The second-order valence-corrected chi connectivity index (χ2v) is 18.2. The number of benzene rings is 4. The van der Waals surface area contributed by atoms with E-state index in [9.17, 15) is 28.4 Å². The summed E-state index contributed by atoms with van der Waals surface area (Å²) >= 11 is 0. The van der Waals surface area contributed by atoms with Gasteiger partial charge in [-0.2, -0.15) is 0 Å². The molecule has 16 heteroatoms. The van der Waals surface area contributed by atoms with E-state index in [1.165, 1.54) is 24.4 Å². The largest absolute Gasteiger partial charge is 0.455 e. The van der Waals surface area contributed by atoms with Gasteiger partial charge in [-0.3, -0.25) is 14.9 Å². The number of carbonyl (C=O) groups is 1. The number of H-pyrrole nitrogens is 1. The number of pyridine rings is 1. The lowest BCUT2D eigenvalue weighted by Gasteiger charge is -2.28. The second-order valence-electron chi connectivity index (χ2n) is 16.5. The number of aliphatic hydroxyl groups is 1. The van der Waals surface area contributed by atoms with Crippen molar-refractivity contribution in [2.24, 2.45) is 5.92 Å². The molecule has 0 radical (unpaired) electrons. The topological polar surface area (TPSA) is 180 Å². The summed E-state index contributed by atoms with van der Waals surface area (Å²) in [7, 11) is -4.63. The van der Waals surface area contributed by atoms with Crippen LogP contribution in [0, 0.1) is 16.0 Å². The molecule has 6 aromatic rings. The molecule has 320 valence electrons. The fraction of sp³-hybridized carbons (Fsp3) is 0.304. The molecule has 62 heavy (non-hydrogen) atoms. The summed E-state index contributed by atoms with van der Waals surface area (Å²) in [6, 6.07) is 26.1. The maximum atomic E-state index is 15.1. The first-order valence-corrected chi connectivity index (χ1v) is 22.1. The summed E-state index contributed by atoms with van der Waals surface area (Å²) in [5.41, 5.74) is 4.09. The second kappa shape index (κ2) is 16.5. The van der Waals surface area contributed by atoms with Crippen LogP contribution in [0.1, 0.15) is 78.4 Å². The fourth-order valence-corrected chi connectivity index (χ4v) is 9.67. The van der Waals surface area contributed by atoms with Crippen LogP contribution in [-0.4, -0.2) is 59.4 Å².